The molecule has 2 aliphatic heterocycles. The zero-order valence-electron chi connectivity index (χ0n) is 32.7. The lowest BCUT2D eigenvalue weighted by atomic mass is 9.74. The Morgan fingerprint density at radius 3 is 2.21 bits per heavy atom. The second-order valence-electron chi connectivity index (χ2n) is 15.5. The Kier molecular flexibility index (Phi) is 15.4. The standard InChI is InChI=1S/C39H62FNO11/c1-12-29-39(9,47)34(45)23(5)31(43)21(3)20-38(8,48-11)35(52-37-32(44)28(41(10)13-2)18-22(4)49-37)24(6)33(25(7)36(46)50-29)51-30(42)19-26-14-16-27(40)17-15-26/h14-17,21-25,28-29,32-35,37,44-45,47H,12-13,18-20H2,1-11H3/t21-,22-,23+,24+,25-,28+,29-,32-,33+,34-,35-,37+,38-,39-/m1/s1. The lowest BCUT2D eigenvalue weighted by molar-refractivity contribution is -0.302. The van der Waals surface area contributed by atoms with Crippen molar-refractivity contribution in [2.45, 2.75) is 148 Å². The van der Waals surface area contributed by atoms with Crippen LogP contribution in [0.4, 0.5) is 4.39 Å². The van der Waals surface area contributed by atoms with Crippen LogP contribution in [-0.2, 0) is 44.5 Å². The minimum atomic E-state index is -2.01. The molecule has 0 unspecified atom stereocenters. The number of aliphatic hydroxyl groups is 3. The Morgan fingerprint density at radius 2 is 1.65 bits per heavy atom. The molecule has 2 aliphatic rings. The molecular formula is C39H62FNO11. The van der Waals surface area contributed by atoms with Crippen LogP contribution in [0.5, 0.6) is 0 Å². The van der Waals surface area contributed by atoms with E-state index in [-0.39, 0.29) is 37.2 Å². The van der Waals surface area contributed by atoms with E-state index in [0.29, 0.717) is 18.5 Å². The van der Waals surface area contributed by atoms with Gasteiger partial charge in [0.05, 0.1) is 36.3 Å². The fraction of sp³-hybridized carbons (Fsp3) is 0.769. The molecule has 0 saturated carbocycles. The lowest BCUT2D eigenvalue weighted by Crippen LogP contribution is -2.61. The number of likely N-dealkylation sites (N-methyl/N-ethyl adjacent to an activating group) is 1. The first kappa shape index (κ1) is 43.9. The smallest absolute Gasteiger partial charge is 0.312 e. The number of cyclic esters (lactones) is 1. The van der Waals surface area contributed by atoms with E-state index >= 15 is 0 Å². The molecule has 12 nitrogen and oxygen atoms in total. The van der Waals surface area contributed by atoms with Crippen molar-refractivity contribution < 1.29 is 57.8 Å². The minimum absolute atomic E-state index is 0.0550. The monoisotopic (exact) mass is 739 g/mol. The Labute approximate surface area is 308 Å². The van der Waals surface area contributed by atoms with E-state index < -0.39 is 89.4 Å². The highest BCUT2D eigenvalue weighted by Crippen LogP contribution is 2.40. The van der Waals surface area contributed by atoms with Crippen LogP contribution in [0, 0.1) is 29.5 Å². The van der Waals surface area contributed by atoms with Gasteiger partial charge < -0.3 is 43.9 Å². The Morgan fingerprint density at radius 1 is 1.04 bits per heavy atom. The lowest BCUT2D eigenvalue weighted by Gasteiger charge is -2.48. The van der Waals surface area contributed by atoms with Crippen LogP contribution >= 0.6 is 0 Å². The molecule has 1 aromatic carbocycles. The number of Topliss-reactive ketones (excluding diaryl/α,β-unsaturated/α-hetero) is 1. The van der Waals surface area contributed by atoms with Crippen LogP contribution < -0.4 is 0 Å². The average molecular weight is 740 g/mol. The number of ether oxygens (including phenoxy) is 5. The Balaban J connectivity index is 2.19. The third-order valence-electron chi connectivity index (χ3n) is 11.4. The fourth-order valence-electron chi connectivity index (χ4n) is 7.90. The number of hydrogen-bond acceptors (Lipinski definition) is 12. The highest BCUT2D eigenvalue weighted by Gasteiger charge is 2.53. The van der Waals surface area contributed by atoms with E-state index in [9.17, 15) is 34.1 Å². The Hall–Kier alpha value is -2.52. The molecule has 0 aromatic heterocycles. The third kappa shape index (κ3) is 9.96. The fourth-order valence-corrected chi connectivity index (χ4v) is 7.90. The van der Waals surface area contributed by atoms with Crippen LogP contribution in [-0.4, -0.2) is 119 Å². The summed E-state index contributed by atoms with van der Waals surface area (Å²) in [5, 5.41) is 34.5. The minimum Gasteiger partial charge on any atom is -0.461 e. The summed E-state index contributed by atoms with van der Waals surface area (Å²) in [4.78, 5) is 43.5. The van der Waals surface area contributed by atoms with Gasteiger partial charge in [-0.1, -0.05) is 46.8 Å². The number of hydrogen-bond donors (Lipinski definition) is 3. The van der Waals surface area contributed by atoms with Gasteiger partial charge in [-0.2, -0.15) is 0 Å². The molecule has 0 bridgehead atoms. The largest absolute Gasteiger partial charge is 0.461 e. The second-order valence-corrected chi connectivity index (χ2v) is 15.5. The number of ketones is 1. The summed E-state index contributed by atoms with van der Waals surface area (Å²) >= 11 is 0. The number of halogens is 1. The van der Waals surface area contributed by atoms with Crippen LogP contribution in [0.25, 0.3) is 0 Å². The summed E-state index contributed by atoms with van der Waals surface area (Å²) in [5.74, 6) is -6.13. The number of esters is 2. The van der Waals surface area contributed by atoms with Gasteiger partial charge in [0.15, 0.2) is 6.29 Å². The topological polar surface area (TPSA) is 161 Å². The number of nitrogens with zero attached hydrogens (tertiary/aromatic N) is 1. The summed E-state index contributed by atoms with van der Waals surface area (Å²) in [6, 6.07) is 5.08. The molecule has 3 rings (SSSR count). The van der Waals surface area contributed by atoms with Crippen molar-refractivity contribution in [3.8, 4) is 0 Å². The first-order valence-electron chi connectivity index (χ1n) is 18.5. The van der Waals surface area contributed by atoms with E-state index in [1.165, 1.54) is 52.1 Å². The average Bonchev–Trinajstić information content (AvgIpc) is 3.11. The van der Waals surface area contributed by atoms with Crippen LogP contribution in [0.15, 0.2) is 24.3 Å². The molecule has 3 N–H and O–H groups in total. The molecule has 2 saturated heterocycles. The van der Waals surface area contributed by atoms with Crippen molar-refractivity contribution in [2.75, 3.05) is 20.7 Å². The number of carbonyl (C=O) groups is 3. The summed E-state index contributed by atoms with van der Waals surface area (Å²) in [5.41, 5.74) is -2.84. The molecule has 0 radical (unpaired) electrons. The van der Waals surface area contributed by atoms with Crippen molar-refractivity contribution in [2.24, 2.45) is 23.7 Å². The molecule has 0 aliphatic carbocycles. The third-order valence-corrected chi connectivity index (χ3v) is 11.4. The summed E-state index contributed by atoms with van der Waals surface area (Å²) in [6.45, 7) is 15.8. The molecule has 296 valence electrons. The first-order chi connectivity index (χ1) is 24.2. The molecule has 1 aromatic rings. The number of carbonyl (C=O) groups excluding carboxylic acids is 3. The Bertz CT molecular complexity index is 1340. The summed E-state index contributed by atoms with van der Waals surface area (Å²) in [6.07, 6.45) is -7.16. The van der Waals surface area contributed by atoms with E-state index in [1.54, 1.807) is 27.7 Å². The molecule has 2 heterocycles. The number of benzene rings is 1. The highest BCUT2D eigenvalue weighted by atomic mass is 19.1. The zero-order chi connectivity index (χ0) is 39.3. The molecule has 13 heteroatoms. The SMILES string of the molecule is CC[C@H]1OC(=O)[C@H](C)[C@@H](OC(=O)Cc2ccc(F)cc2)[C@H](C)[C@@H](O[C@@H]2O[C@H](C)C[C@H](N(C)CC)[C@H]2O)[C@](C)(OC)C[C@@H](C)C(=O)[C@H](C)[C@@H](O)[C@]1(C)O. The van der Waals surface area contributed by atoms with Crippen molar-refractivity contribution in [3.63, 3.8) is 0 Å². The second kappa shape index (κ2) is 18.2. The quantitative estimate of drug-likeness (QED) is 0.315. The van der Waals surface area contributed by atoms with Crippen molar-refractivity contribution in [1.29, 1.82) is 0 Å². The predicted octanol–water partition coefficient (Wildman–Crippen LogP) is 3.84. The maximum absolute atomic E-state index is 14.0. The normalized spacial score (nSPS) is 39.8. The van der Waals surface area contributed by atoms with E-state index in [1.807, 2.05) is 25.8 Å². The van der Waals surface area contributed by atoms with Gasteiger partial charge in [0.1, 0.15) is 35.5 Å². The first-order valence-corrected chi connectivity index (χ1v) is 18.5. The maximum Gasteiger partial charge on any atom is 0.312 e. The van der Waals surface area contributed by atoms with Crippen LogP contribution in [0.1, 0.15) is 87.1 Å². The van der Waals surface area contributed by atoms with Gasteiger partial charge in [-0.05, 0) is 78.2 Å². The van der Waals surface area contributed by atoms with Gasteiger partial charge >= 0.3 is 11.9 Å². The van der Waals surface area contributed by atoms with Gasteiger partial charge in [-0.3, -0.25) is 14.4 Å². The highest BCUT2D eigenvalue weighted by molar-refractivity contribution is 5.83. The maximum atomic E-state index is 14.0. The molecular weight excluding hydrogens is 677 g/mol. The van der Waals surface area contributed by atoms with E-state index in [4.69, 9.17) is 23.7 Å². The van der Waals surface area contributed by atoms with Crippen molar-refractivity contribution >= 4 is 17.7 Å². The van der Waals surface area contributed by atoms with Crippen LogP contribution in [0.2, 0.25) is 0 Å². The molecule has 14 atom stereocenters. The van der Waals surface area contributed by atoms with Crippen molar-refractivity contribution in [3.05, 3.63) is 35.6 Å². The van der Waals surface area contributed by atoms with E-state index in [0.717, 1.165) is 0 Å². The zero-order valence-corrected chi connectivity index (χ0v) is 32.7. The van der Waals surface area contributed by atoms with Gasteiger partial charge in [0.25, 0.3) is 0 Å². The van der Waals surface area contributed by atoms with Gasteiger partial charge in [-0.25, -0.2) is 4.39 Å². The van der Waals surface area contributed by atoms with Crippen LogP contribution in [0.3, 0.4) is 0 Å². The van der Waals surface area contributed by atoms with E-state index in [2.05, 4.69) is 0 Å². The summed E-state index contributed by atoms with van der Waals surface area (Å²) < 4.78 is 44.7. The number of aliphatic hydroxyl groups excluding tert-OH is 2. The molecule has 0 amide bonds. The predicted molar refractivity (Wildman–Crippen MR) is 190 cm³/mol. The molecule has 0 spiro atoms. The number of rotatable bonds is 9. The van der Waals surface area contributed by atoms with Gasteiger partial charge in [-0.15, -0.1) is 0 Å². The number of methoxy groups -OCH3 is 1. The molecule has 52 heavy (non-hydrogen) atoms. The van der Waals surface area contributed by atoms with Gasteiger partial charge in [0.2, 0.25) is 0 Å². The summed E-state index contributed by atoms with van der Waals surface area (Å²) in [7, 11) is 3.36. The van der Waals surface area contributed by atoms with Crippen molar-refractivity contribution in [1.82, 2.24) is 4.90 Å². The van der Waals surface area contributed by atoms with Gasteiger partial charge in [0, 0.05) is 30.9 Å². The molecule has 2 fully saturated rings.